The fourth-order valence-electron chi connectivity index (χ4n) is 0.489. The third kappa shape index (κ3) is 7.68. The standard InChI is InChI=1S/C7H18N3S/c1-9-7(8)11-6-5-10(2,3)4/h5-6H2,1-4H3,(H2,8,9)/q+1. The zero-order valence-electron chi connectivity index (χ0n) is 7.79. The van der Waals surface area contributed by atoms with Crippen molar-refractivity contribution in [1.29, 1.82) is 0 Å². The van der Waals surface area contributed by atoms with E-state index in [9.17, 15) is 0 Å². The Hall–Kier alpha value is -0.220. The number of amidine groups is 1. The van der Waals surface area contributed by atoms with Crippen molar-refractivity contribution in [2.75, 3.05) is 40.5 Å². The lowest BCUT2D eigenvalue weighted by molar-refractivity contribution is -0.867. The number of thioether (sulfide) groups is 1. The summed E-state index contributed by atoms with van der Waals surface area (Å²) in [4.78, 5) is 3.86. The Labute approximate surface area is 73.3 Å². The van der Waals surface area contributed by atoms with E-state index in [1.54, 1.807) is 18.8 Å². The van der Waals surface area contributed by atoms with Crippen LogP contribution in [-0.2, 0) is 0 Å². The van der Waals surface area contributed by atoms with E-state index in [-0.39, 0.29) is 0 Å². The predicted octanol–water partition coefficient (Wildman–Crippen LogP) is 0.370. The summed E-state index contributed by atoms with van der Waals surface area (Å²) in [5.74, 6) is 1.03. The average Bonchev–Trinajstić information content (AvgIpc) is 1.85. The van der Waals surface area contributed by atoms with Crippen molar-refractivity contribution in [3.63, 3.8) is 0 Å². The van der Waals surface area contributed by atoms with Gasteiger partial charge in [0.1, 0.15) is 0 Å². The number of hydrogen-bond acceptors (Lipinski definition) is 2. The molecule has 3 nitrogen and oxygen atoms in total. The van der Waals surface area contributed by atoms with Gasteiger partial charge in [0.25, 0.3) is 0 Å². The van der Waals surface area contributed by atoms with Gasteiger partial charge in [-0.1, -0.05) is 11.8 Å². The lowest BCUT2D eigenvalue weighted by Crippen LogP contribution is -2.36. The molecule has 11 heavy (non-hydrogen) atoms. The fraction of sp³-hybridized carbons (Fsp3) is 0.857. The molecule has 0 unspecified atom stereocenters. The van der Waals surface area contributed by atoms with Crippen LogP contribution in [0.2, 0.25) is 0 Å². The molecule has 0 spiro atoms. The molecule has 0 saturated carbocycles. The number of nitrogens with two attached hydrogens (primary N) is 1. The van der Waals surface area contributed by atoms with Crippen LogP contribution in [0.5, 0.6) is 0 Å². The van der Waals surface area contributed by atoms with Crippen molar-refractivity contribution in [1.82, 2.24) is 0 Å². The van der Waals surface area contributed by atoms with Crippen LogP contribution in [0.1, 0.15) is 0 Å². The van der Waals surface area contributed by atoms with Crippen molar-refractivity contribution < 1.29 is 4.48 Å². The van der Waals surface area contributed by atoms with Crippen molar-refractivity contribution in [2.45, 2.75) is 0 Å². The van der Waals surface area contributed by atoms with E-state index in [1.807, 2.05) is 0 Å². The minimum absolute atomic E-state index is 0.679. The first-order valence-electron chi connectivity index (χ1n) is 3.61. The van der Waals surface area contributed by atoms with Crippen LogP contribution in [0.4, 0.5) is 0 Å². The monoisotopic (exact) mass is 176 g/mol. The van der Waals surface area contributed by atoms with E-state index in [0.29, 0.717) is 5.17 Å². The maximum absolute atomic E-state index is 5.51. The molecule has 0 amide bonds. The summed E-state index contributed by atoms with van der Waals surface area (Å²) in [5, 5.41) is 0.679. The predicted molar refractivity (Wildman–Crippen MR) is 52.9 cm³/mol. The van der Waals surface area contributed by atoms with Crippen LogP contribution in [0.15, 0.2) is 4.99 Å². The number of rotatable bonds is 3. The molecule has 0 aliphatic rings. The Morgan fingerprint density at radius 1 is 1.45 bits per heavy atom. The molecule has 0 aliphatic heterocycles. The van der Waals surface area contributed by atoms with Gasteiger partial charge >= 0.3 is 0 Å². The second-order valence-electron chi connectivity index (χ2n) is 3.42. The van der Waals surface area contributed by atoms with E-state index < -0.39 is 0 Å². The molecule has 0 rings (SSSR count). The van der Waals surface area contributed by atoms with Gasteiger partial charge in [0, 0.05) is 7.05 Å². The van der Waals surface area contributed by atoms with Crippen LogP contribution in [-0.4, -0.2) is 50.1 Å². The summed E-state index contributed by atoms with van der Waals surface area (Å²) in [6, 6.07) is 0. The molecule has 0 aromatic carbocycles. The Balaban J connectivity index is 3.43. The molecule has 0 atom stereocenters. The van der Waals surface area contributed by atoms with Crippen LogP contribution < -0.4 is 5.73 Å². The average molecular weight is 176 g/mol. The molecular weight excluding hydrogens is 158 g/mol. The van der Waals surface area contributed by atoms with Gasteiger partial charge in [-0.05, 0) is 0 Å². The van der Waals surface area contributed by atoms with Gasteiger partial charge in [0.05, 0.1) is 33.4 Å². The molecular formula is C7H18N3S+. The van der Waals surface area contributed by atoms with Gasteiger partial charge in [0.15, 0.2) is 5.17 Å². The summed E-state index contributed by atoms with van der Waals surface area (Å²) in [5.41, 5.74) is 5.51. The van der Waals surface area contributed by atoms with Crippen molar-refractivity contribution in [2.24, 2.45) is 10.7 Å². The van der Waals surface area contributed by atoms with E-state index >= 15 is 0 Å². The molecule has 0 radical (unpaired) electrons. The molecule has 0 aromatic rings. The van der Waals surface area contributed by atoms with Gasteiger partial charge in [-0.3, -0.25) is 4.99 Å². The quantitative estimate of drug-likeness (QED) is 0.383. The molecule has 2 N–H and O–H groups in total. The third-order valence-electron chi connectivity index (χ3n) is 1.23. The number of aliphatic imine (C=N–C) groups is 1. The largest absolute Gasteiger partial charge is 0.379 e. The Morgan fingerprint density at radius 3 is 2.36 bits per heavy atom. The van der Waals surface area contributed by atoms with Crippen LogP contribution >= 0.6 is 11.8 Å². The van der Waals surface area contributed by atoms with Crippen LogP contribution in [0.3, 0.4) is 0 Å². The maximum atomic E-state index is 5.51. The lowest BCUT2D eigenvalue weighted by Gasteiger charge is -2.23. The summed E-state index contributed by atoms with van der Waals surface area (Å²) in [7, 11) is 8.22. The molecule has 0 heterocycles. The zero-order valence-corrected chi connectivity index (χ0v) is 8.61. The molecule has 0 aromatic heterocycles. The maximum Gasteiger partial charge on any atom is 0.153 e. The highest BCUT2D eigenvalue weighted by Gasteiger charge is 2.06. The summed E-state index contributed by atoms with van der Waals surface area (Å²) < 4.78 is 0.976. The van der Waals surface area contributed by atoms with Crippen molar-refractivity contribution in [3.05, 3.63) is 0 Å². The van der Waals surface area contributed by atoms with Gasteiger partial charge in [-0.2, -0.15) is 0 Å². The van der Waals surface area contributed by atoms with Gasteiger partial charge in [0.2, 0.25) is 0 Å². The number of quaternary nitrogens is 1. The van der Waals surface area contributed by atoms with Crippen LogP contribution in [0.25, 0.3) is 0 Å². The Morgan fingerprint density at radius 2 is 2.00 bits per heavy atom. The lowest BCUT2D eigenvalue weighted by atomic mass is 10.6. The van der Waals surface area contributed by atoms with Gasteiger partial charge in [-0.25, -0.2) is 0 Å². The SMILES string of the molecule is CN=C(N)SCC[N+](C)(C)C. The number of hydrogen-bond donors (Lipinski definition) is 1. The van der Waals surface area contributed by atoms with Crippen LogP contribution in [0, 0.1) is 0 Å². The minimum atomic E-state index is 0.679. The first-order valence-corrected chi connectivity index (χ1v) is 4.60. The molecule has 0 bridgehead atoms. The topological polar surface area (TPSA) is 38.4 Å². The molecule has 0 aliphatic carbocycles. The molecule has 4 heteroatoms. The highest BCUT2D eigenvalue weighted by Crippen LogP contribution is 2.01. The summed E-state index contributed by atoms with van der Waals surface area (Å²) in [6.07, 6.45) is 0. The summed E-state index contributed by atoms with van der Waals surface area (Å²) >= 11 is 1.62. The zero-order chi connectivity index (χ0) is 8.91. The summed E-state index contributed by atoms with van der Waals surface area (Å²) in [6.45, 7) is 1.11. The molecule has 0 saturated heterocycles. The second kappa shape index (κ2) is 4.62. The Bertz CT molecular complexity index is 137. The highest BCUT2D eigenvalue weighted by atomic mass is 32.2. The third-order valence-corrected chi connectivity index (χ3v) is 2.10. The van der Waals surface area contributed by atoms with E-state index in [2.05, 4.69) is 26.1 Å². The molecule has 0 fully saturated rings. The van der Waals surface area contributed by atoms with E-state index in [1.165, 1.54) is 0 Å². The molecule has 66 valence electrons. The second-order valence-corrected chi connectivity index (χ2v) is 4.54. The fourth-order valence-corrected chi connectivity index (χ4v) is 1.47. The van der Waals surface area contributed by atoms with Crippen molar-refractivity contribution in [3.8, 4) is 0 Å². The normalized spacial score (nSPS) is 13.6. The number of nitrogens with zero attached hydrogens (tertiary/aromatic N) is 2. The van der Waals surface area contributed by atoms with Gasteiger partial charge in [-0.15, -0.1) is 0 Å². The first-order chi connectivity index (χ1) is 4.95. The van der Waals surface area contributed by atoms with Gasteiger partial charge < -0.3 is 10.2 Å². The first kappa shape index (κ1) is 10.8. The smallest absolute Gasteiger partial charge is 0.153 e. The highest BCUT2D eigenvalue weighted by molar-refractivity contribution is 8.13. The van der Waals surface area contributed by atoms with Crippen molar-refractivity contribution >= 4 is 16.9 Å². The Kier molecular flexibility index (Phi) is 4.52. The van der Waals surface area contributed by atoms with E-state index in [0.717, 1.165) is 16.8 Å². The minimum Gasteiger partial charge on any atom is -0.379 e. The van der Waals surface area contributed by atoms with E-state index in [4.69, 9.17) is 5.73 Å².